The molecule has 0 bridgehead atoms. The van der Waals surface area contributed by atoms with E-state index < -0.39 is 0 Å². The van der Waals surface area contributed by atoms with Gasteiger partial charge in [-0.3, -0.25) is 4.79 Å². The third kappa shape index (κ3) is 2.42. The van der Waals surface area contributed by atoms with Crippen LogP contribution in [-0.4, -0.2) is 6.29 Å². The minimum Gasteiger partial charge on any atom is -0.291 e. The molecule has 0 aliphatic carbocycles. The number of rotatable bonds is 3. The number of carbonyl (C=O) groups excluding carboxylic acids is 1. The normalized spacial score (nSPS) is 10.5. The molecule has 78 valence electrons. The molecule has 0 fully saturated rings. The number of aldehydes is 1. The van der Waals surface area contributed by atoms with Crippen LogP contribution in [0.4, 0.5) is 0 Å². The van der Waals surface area contributed by atoms with Crippen LogP contribution in [0.15, 0.2) is 54.7 Å². The zero-order chi connectivity index (χ0) is 11.2. The summed E-state index contributed by atoms with van der Waals surface area (Å²) in [7, 11) is 0. The van der Waals surface area contributed by atoms with Crippen LogP contribution in [0.2, 0.25) is 0 Å². The van der Waals surface area contributed by atoms with Gasteiger partial charge >= 0.3 is 0 Å². The quantitative estimate of drug-likeness (QED) is 0.563. The van der Waals surface area contributed by atoms with Crippen molar-refractivity contribution in [1.82, 2.24) is 0 Å². The lowest BCUT2D eigenvalue weighted by Gasteiger charge is -1.92. The second-order valence-electron chi connectivity index (χ2n) is 3.38. The second kappa shape index (κ2) is 5.03. The summed E-state index contributed by atoms with van der Waals surface area (Å²) in [4.78, 5) is 10.8. The van der Waals surface area contributed by atoms with Crippen LogP contribution in [0.25, 0.3) is 12.3 Å². The first-order chi connectivity index (χ1) is 7.90. The second-order valence-corrected chi connectivity index (χ2v) is 3.38. The van der Waals surface area contributed by atoms with E-state index in [-0.39, 0.29) is 0 Å². The van der Waals surface area contributed by atoms with E-state index in [2.05, 4.69) is 0 Å². The molecule has 0 amide bonds. The molecule has 0 aliphatic heterocycles. The Balaban J connectivity index is 2.27. The van der Waals surface area contributed by atoms with Gasteiger partial charge in [0.15, 0.2) is 12.4 Å². The Bertz CT molecular complexity index is 503. The van der Waals surface area contributed by atoms with E-state index in [0.717, 1.165) is 11.8 Å². The first kappa shape index (κ1) is 10.3. The Hall–Kier alpha value is -2.22. The fraction of sp³-hybridized carbons (Fsp3) is 0. The van der Waals surface area contributed by atoms with Gasteiger partial charge in [-0.1, -0.05) is 30.3 Å². The summed E-state index contributed by atoms with van der Waals surface area (Å²) in [5.41, 5.74) is 1.74. The number of aromatic nitrogens is 1. The summed E-state index contributed by atoms with van der Waals surface area (Å²) < 4.78 is 1.79. The lowest BCUT2D eigenvalue weighted by Crippen LogP contribution is -2.30. The summed E-state index contributed by atoms with van der Waals surface area (Å²) in [6, 6.07) is 15.5. The highest BCUT2D eigenvalue weighted by Gasteiger charge is 2.03. The summed E-state index contributed by atoms with van der Waals surface area (Å²) in [5.74, 6) is 0. The van der Waals surface area contributed by atoms with Gasteiger partial charge in [0.1, 0.15) is 0 Å². The summed E-state index contributed by atoms with van der Waals surface area (Å²) in [6.45, 7) is 0. The smallest absolute Gasteiger partial charge is 0.250 e. The lowest BCUT2D eigenvalue weighted by molar-refractivity contribution is -0.569. The highest BCUT2D eigenvalue weighted by Crippen LogP contribution is 2.00. The molecule has 0 spiro atoms. The predicted molar refractivity (Wildman–Crippen MR) is 63.7 cm³/mol. The van der Waals surface area contributed by atoms with Crippen molar-refractivity contribution in [3.63, 3.8) is 0 Å². The van der Waals surface area contributed by atoms with Crippen LogP contribution < -0.4 is 4.57 Å². The third-order valence-corrected chi connectivity index (χ3v) is 2.27. The van der Waals surface area contributed by atoms with Crippen LogP contribution in [-0.2, 0) is 0 Å². The average molecular weight is 210 g/mol. The minimum atomic E-state index is 0.634. The van der Waals surface area contributed by atoms with E-state index in [4.69, 9.17) is 0 Å². The van der Waals surface area contributed by atoms with Crippen molar-refractivity contribution in [3.05, 3.63) is 66.0 Å². The van der Waals surface area contributed by atoms with Crippen molar-refractivity contribution >= 4 is 18.6 Å². The Labute approximate surface area is 94.5 Å². The molecule has 1 aromatic heterocycles. The molecule has 0 saturated heterocycles. The molecule has 2 nitrogen and oxygen atoms in total. The van der Waals surface area contributed by atoms with Gasteiger partial charge in [0.2, 0.25) is 6.29 Å². The molecule has 2 heteroatoms. The van der Waals surface area contributed by atoms with Crippen molar-refractivity contribution in [2.24, 2.45) is 0 Å². The zero-order valence-electron chi connectivity index (χ0n) is 8.78. The maximum atomic E-state index is 10.8. The standard InChI is InChI=1S/C14H12NO/c16-12-14-8-4-5-10-15(14)11-9-13-6-2-1-3-7-13/h1-12H/q+1. The lowest BCUT2D eigenvalue weighted by atomic mass is 10.2. The van der Waals surface area contributed by atoms with Crippen LogP contribution in [0, 0.1) is 0 Å². The highest BCUT2D eigenvalue weighted by molar-refractivity contribution is 5.70. The molecular weight excluding hydrogens is 198 g/mol. The fourth-order valence-corrected chi connectivity index (χ4v) is 1.44. The Morgan fingerprint density at radius 1 is 0.938 bits per heavy atom. The fourth-order valence-electron chi connectivity index (χ4n) is 1.44. The van der Waals surface area contributed by atoms with Crippen LogP contribution in [0.1, 0.15) is 16.1 Å². The van der Waals surface area contributed by atoms with Gasteiger partial charge in [-0.15, -0.1) is 0 Å². The monoisotopic (exact) mass is 210 g/mol. The van der Waals surface area contributed by atoms with E-state index in [0.29, 0.717) is 5.69 Å². The number of benzene rings is 1. The van der Waals surface area contributed by atoms with Crippen LogP contribution in [0.3, 0.4) is 0 Å². The van der Waals surface area contributed by atoms with Crippen molar-refractivity contribution in [2.75, 3.05) is 0 Å². The van der Waals surface area contributed by atoms with Gasteiger partial charge in [-0.2, -0.15) is 4.57 Å². The summed E-state index contributed by atoms with van der Waals surface area (Å²) in [6.07, 6.45) is 6.53. The topological polar surface area (TPSA) is 20.9 Å². The molecule has 1 heterocycles. The van der Waals surface area contributed by atoms with Gasteiger partial charge in [0.05, 0.1) is 0 Å². The Morgan fingerprint density at radius 3 is 2.44 bits per heavy atom. The molecule has 0 unspecified atom stereocenters. The van der Waals surface area contributed by atoms with Crippen LogP contribution >= 0.6 is 0 Å². The van der Waals surface area contributed by atoms with Gasteiger partial charge in [0.25, 0.3) is 5.69 Å². The van der Waals surface area contributed by atoms with Gasteiger partial charge in [0, 0.05) is 18.2 Å². The van der Waals surface area contributed by atoms with E-state index in [1.807, 2.05) is 60.9 Å². The SMILES string of the molecule is O=Cc1cccc[n+]1C=Cc1ccccc1. The van der Waals surface area contributed by atoms with E-state index >= 15 is 0 Å². The van der Waals surface area contributed by atoms with Crippen molar-refractivity contribution in [3.8, 4) is 0 Å². The van der Waals surface area contributed by atoms with Gasteiger partial charge in [-0.05, 0) is 11.6 Å². The van der Waals surface area contributed by atoms with E-state index in [9.17, 15) is 4.79 Å². The summed E-state index contributed by atoms with van der Waals surface area (Å²) in [5, 5.41) is 0. The molecule has 16 heavy (non-hydrogen) atoms. The molecule has 0 atom stereocenters. The Kier molecular flexibility index (Phi) is 3.24. The van der Waals surface area contributed by atoms with Crippen molar-refractivity contribution < 1.29 is 9.36 Å². The highest BCUT2D eigenvalue weighted by atomic mass is 16.1. The molecular formula is C14H12NO+. The largest absolute Gasteiger partial charge is 0.291 e. The molecule has 2 aromatic rings. The molecule has 0 saturated carbocycles. The van der Waals surface area contributed by atoms with Crippen LogP contribution in [0.5, 0.6) is 0 Å². The molecule has 0 aliphatic rings. The third-order valence-electron chi connectivity index (χ3n) is 2.27. The molecule has 0 radical (unpaired) electrons. The van der Waals surface area contributed by atoms with Crippen molar-refractivity contribution in [2.45, 2.75) is 0 Å². The van der Waals surface area contributed by atoms with Gasteiger partial charge in [-0.25, -0.2) is 0 Å². The number of hydrogen-bond acceptors (Lipinski definition) is 1. The average Bonchev–Trinajstić information content (AvgIpc) is 2.38. The number of carbonyl (C=O) groups is 1. The number of hydrogen-bond donors (Lipinski definition) is 0. The zero-order valence-corrected chi connectivity index (χ0v) is 8.78. The van der Waals surface area contributed by atoms with Crippen molar-refractivity contribution in [1.29, 1.82) is 0 Å². The maximum Gasteiger partial charge on any atom is 0.250 e. The first-order valence-corrected chi connectivity index (χ1v) is 5.09. The Morgan fingerprint density at radius 2 is 1.69 bits per heavy atom. The minimum absolute atomic E-state index is 0.634. The maximum absolute atomic E-state index is 10.8. The molecule has 1 aromatic carbocycles. The van der Waals surface area contributed by atoms with E-state index in [1.54, 1.807) is 10.6 Å². The molecule has 2 rings (SSSR count). The number of pyridine rings is 1. The first-order valence-electron chi connectivity index (χ1n) is 5.09. The summed E-state index contributed by atoms with van der Waals surface area (Å²) >= 11 is 0. The molecule has 0 N–H and O–H groups in total. The predicted octanol–water partition coefficient (Wildman–Crippen LogP) is 2.41. The van der Waals surface area contributed by atoms with Gasteiger partial charge < -0.3 is 0 Å². The number of nitrogens with zero attached hydrogens (tertiary/aromatic N) is 1. The van der Waals surface area contributed by atoms with E-state index in [1.165, 1.54) is 0 Å².